The standard InChI is InChI=1S/C22H22BrN3O2S/c1-15-19(21(27)25-11-13-28-14-12-25)20(17-9-5-6-10-18(17)23)24-22(29)26(15)16-7-3-2-4-8-16/h2-10,20H,11-14H2,1H3,(H,24,29). The Kier molecular flexibility index (Phi) is 5.99. The van der Waals surface area contributed by atoms with Crippen LogP contribution in [-0.4, -0.2) is 42.2 Å². The first-order chi connectivity index (χ1) is 14.1. The lowest BCUT2D eigenvalue weighted by atomic mass is 9.93. The number of carbonyl (C=O) groups excluding carboxylic acids is 1. The monoisotopic (exact) mass is 471 g/mol. The largest absolute Gasteiger partial charge is 0.378 e. The van der Waals surface area contributed by atoms with Crippen LogP contribution in [0.15, 0.2) is 70.3 Å². The van der Waals surface area contributed by atoms with E-state index in [4.69, 9.17) is 17.0 Å². The quantitative estimate of drug-likeness (QED) is 0.684. The van der Waals surface area contributed by atoms with Gasteiger partial charge in [0.25, 0.3) is 5.91 Å². The molecule has 1 saturated heterocycles. The summed E-state index contributed by atoms with van der Waals surface area (Å²) < 4.78 is 6.38. The van der Waals surface area contributed by atoms with Gasteiger partial charge in [-0.3, -0.25) is 9.69 Å². The van der Waals surface area contributed by atoms with E-state index in [0.717, 1.165) is 21.4 Å². The van der Waals surface area contributed by atoms with Crippen LogP contribution in [0.5, 0.6) is 0 Å². The second kappa shape index (κ2) is 8.65. The van der Waals surface area contributed by atoms with Crippen LogP contribution in [0.1, 0.15) is 18.5 Å². The molecule has 0 saturated carbocycles. The molecule has 2 aliphatic heterocycles. The maximum atomic E-state index is 13.6. The molecule has 1 atom stereocenters. The number of carbonyl (C=O) groups is 1. The molecule has 0 spiro atoms. The number of hydrogen-bond acceptors (Lipinski definition) is 3. The Hall–Kier alpha value is -2.22. The van der Waals surface area contributed by atoms with Gasteiger partial charge in [0.05, 0.1) is 24.8 Å². The van der Waals surface area contributed by atoms with Crippen molar-refractivity contribution in [2.75, 3.05) is 31.2 Å². The summed E-state index contributed by atoms with van der Waals surface area (Å²) >= 11 is 9.36. The smallest absolute Gasteiger partial charge is 0.254 e. The van der Waals surface area contributed by atoms with Crippen molar-refractivity contribution < 1.29 is 9.53 Å². The third kappa shape index (κ3) is 3.95. The number of rotatable bonds is 3. The third-order valence-corrected chi connectivity index (χ3v) is 6.27. The zero-order valence-corrected chi connectivity index (χ0v) is 18.5. The van der Waals surface area contributed by atoms with Crippen molar-refractivity contribution in [3.05, 3.63) is 75.9 Å². The summed E-state index contributed by atoms with van der Waals surface area (Å²) in [5.74, 6) is 0.0162. The molecule has 0 aromatic heterocycles. The van der Waals surface area contributed by atoms with Crippen molar-refractivity contribution in [3.8, 4) is 0 Å². The molecule has 150 valence electrons. The first-order valence-electron chi connectivity index (χ1n) is 9.56. The summed E-state index contributed by atoms with van der Waals surface area (Å²) in [6.07, 6.45) is 0. The molecular weight excluding hydrogens is 450 g/mol. The average molecular weight is 472 g/mol. The number of morpholine rings is 1. The normalized spacial score (nSPS) is 19.9. The van der Waals surface area contributed by atoms with Crippen molar-refractivity contribution >= 4 is 44.9 Å². The Morgan fingerprint density at radius 1 is 1.10 bits per heavy atom. The van der Waals surface area contributed by atoms with Gasteiger partial charge < -0.3 is 15.0 Å². The van der Waals surface area contributed by atoms with E-state index in [-0.39, 0.29) is 11.9 Å². The number of ether oxygens (including phenoxy) is 1. The van der Waals surface area contributed by atoms with Crippen LogP contribution in [0.2, 0.25) is 0 Å². The molecule has 4 rings (SSSR count). The average Bonchev–Trinajstić information content (AvgIpc) is 2.75. The van der Waals surface area contributed by atoms with Gasteiger partial charge in [-0.15, -0.1) is 0 Å². The fourth-order valence-corrected chi connectivity index (χ4v) is 4.66. The van der Waals surface area contributed by atoms with E-state index in [1.54, 1.807) is 0 Å². The van der Waals surface area contributed by atoms with Crippen LogP contribution in [0.25, 0.3) is 0 Å². The van der Waals surface area contributed by atoms with Crippen LogP contribution in [0, 0.1) is 0 Å². The summed E-state index contributed by atoms with van der Waals surface area (Å²) in [4.78, 5) is 17.4. The number of amides is 1. The second-order valence-electron chi connectivity index (χ2n) is 6.98. The molecule has 29 heavy (non-hydrogen) atoms. The highest BCUT2D eigenvalue weighted by Crippen LogP contribution is 2.37. The highest BCUT2D eigenvalue weighted by atomic mass is 79.9. The van der Waals surface area contributed by atoms with Gasteiger partial charge in [-0.2, -0.15) is 0 Å². The second-order valence-corrected chi connectivity index (χ2v) is 8.22. The number of allylic oxidation sites excluding steroid dienone is 1. The van der Waals surface area contributed by atoms with Crippen molar-refractivity contribution in [1.82, 2.24) is 10.2 Å². The van der Waals surface area contributed by atoms with E-state index in [2.05, 4.69) is 21.2 Å². The lowest BCUT2D eigenvalue weighted by Gasteiger charge is -2.40. The SMILES string of the molecule is CC1=C(C(=O)N2CCOCC2)C(c2ccccc2Br)NC(=S)N1c1ccccc1. The summed E-state index contributed by atoms with van der Waals surface area (Å²) in [6, 6.07) is 17.5. The predicted molar refractivity (Wildman–Crippen MR) is 122 cm³/mol. The Labute approximate surface area is 184 Å². The number of nitrogens with zero attached hydrogens (tertiary/aromatic N) is 2. The molecule has 0 aliphatic carbocycles. The minimum atomic E-state index is -0.326. The Bertz CT molecular complexity index is 958. The topological polar surface area (TPSA) is 44.8 Å². The van der Waals surface area contributed by atoms with Crippen LogP contribution in [0.4, 0.5) is 5.69 Å². The predicted octanol–water partition coefficient (Wildman–Crippen LogP) is 4.02. The fraction of sp³-hybridized carbons (Fsp3) is 0.273. The van der Waals surface area contributed by atoms with Crippen molar-refractivity contribution in [2.45, 2.75) is 13.0 Å². The molecule has 1 unspecified atom stereocenters. The van der Waals surface area contributed by atoms with Gasteiger partial charge in [-0.25, -0.2) is 0 Å². The van der Waals surface area contributed by atoms with E-state index in [9.17, 15) is 4.79 Å². The van der Waals surface area contributed by atoms with Gasteiger partial charge in [0.1, 0.15) is 0 Å². The highest BCUT2D eigenvalue weighted by Gasteiger charge is 2.37. The molecule has 1 fully saturated rings. The van der Waals surface area contributed by atoms with Gasteiger partial charge >= 0.3 is 0 Å². The number of benzene rings is 2. The molecule has 2 heterocycles. The van der Waals surface area contributed by atoms with Gasteiger partial charge in [0.15, 0.2) is 5.11 Å². The summed E-state index contributed by atoms with van der Waals surface area (Å²) in [5.41, 5.74) is 3.47. The molecule has 7 heteroatoms. The number of nitrogens with one attached hydrogen (secondary N) is 1. The minimum absolute atomic E-state index is 0.0162. The third-order valence-electron chi connectivity index (χ3n) is 5.24. The van der Waals surface area contributed by atoms with Gasteiger partial charge in [0, 0.05) is 28.9 Å². The molecule has 0 radical (unpaired) electrons. The molecule has 1 N–H and O–H groups in total. The zero-order valence-electron chi connectivity index (χ0n) is 16.1. The molecule has 5 nitrogen and oxygen atoms in total. The van der Waals surface area contributed by atoms with Gasteiger partial charge in [-0.05, 0) is 42.9 Å². The van der Waals surface area contributed by atoms with Crippen LogP contribution in [-0.2, 0) is 9.53 Å². The van der Waals surface area contributed by atoms with Crippen LogP contribution >= 0.6 is 28.1 Å². The summed E-state index contributed by atoms with van der Waals surface area (Å²) in [5, 5.41) is 3.99. The first kappa shape index (κ1) is 20.1. The number of hydrogen-bond donors (Lipinski definition) is 1. The molecule has 2 aromatic rings. The lowest BCUT2D eigenvalue weighted by Crippen LogP contribution is -2.51. The maximum Gasteiger partial charge on any atom is 0.254 e. The molecule has 2 aromatic carbocycles. The van der Waals surface area contributed by atoms with Gasteiger partial charge in [-0.1, -0.05) is 52.3 Å². The molecule has 2 aliphatic rings. The van der Waals surface area contributed by atoms with Crippen molar-refractivity contribution in [3.63, 3.8) is 0 Å². The number of thiocarbonyl (C=S) groups is 1. The Balaban J connectivity index is 1.83. The Morgan fingerprint density at radius 3 is 2.45 bits per heavy atom. The zero-order chi connectivity index (χ0) is 20.4. The van der Waals surface area contributed by atoms with Crippen molar-refractivity contribution in [2.24, 2.45) is 0 Å². The van der Waals surface area contributed by atoms with Crippen LogP contribution < -0.4 is 10.2 Å². The summed E-state index contributed by atoms with van der Waals surface area (Å²) in [6.45, 7) is 4.28. The fourth-order valence-electron chi connectivity index (χ4n) is 3.79. The maximum absolute atomic E-state index is 13.6. The Morgan fingerprint density at radius 2 is 1.76 bits per heavy atom. The van der Waals surface area contributed by atoms with E-state index in [1.807, 2.05) is 71.3 Å². The van der Waals surface area contributed by atoms with E-state index in [0.29, 0.717) is 37.0 Å². The van der Waals surface area contributed by atoms with Gasteiger partial charge in [0.2, 0.25) is 0 Å². The highest BCUT2D eigenvalue weighted by molar-refractivity contribution is 9.10. The number of anilines is 1. The lowest BCUT2D eigenvalue weighted by molar-refractivity contribution is -0.131. The van der Waals surface area contributed by atoms with Crippen LogP contribution in [0.3, 0.4) is 0 Å². The van der Waals surface area contributed by atoms with E-state index < -0.39 is 0 Å². The number of halogens is 1. The molecule has 0 bridgehead atoms. The molecule has 1 amide bonds. The number of para-hydroxylation sites is 1. The summed E-state index contributed by atoms with van der Waals surface area (Å²) in [7, 11) is 0. The molecular formula is C22H22BrN3O2S. The first-order valence-corrected chi connectivity index (χ1v) is 10.8. The van der Waals surface area contributed by atoms with E-state index >= 15 is 0 Å². The van der Waals surface area contributed by atoms with Crippen molar-refractivity contribution in [1.29, 1.82) is 0 Å². The van der Waals surface area contributed by atoms with E-state index in [1.165, 1.54) is 0 Å². The minimum Gasteiger partial charge on any atom is -0.378 e.